The van der Waals surface area contributed by atoms with Crippen LogP contribution in [0.1, 0.15) is 44.1 Å². The molecule has 0 spiro atoms. The molecule has 0 saturated carbocycles. The average molecular weight is 242 g/mol. The average Bonchev–Trinajstić information content (AvgIpc) is 2.65. The first-order valence-corrected chi connectivity index (χ1v) is 6.56. The largest absolute Gasteiger partial charge is 0.312 e. The van der Waals surface area contributed by atoms with Crippen LogP contribution < -0.4 is 4.90 Å². The van der Waals surface area contributed by atoms with Crippen molar-refractivity contribution in [1.29, 1.82) is 5.26 Å². The van der Waals surface area contributed by atoms with Gasteiger partial charge in [-0.2, -0.15) is 5.26 Å². The van der Waals surface area contributed by atoms with Crippen LogP contribution in [0.4, 0.5) is 5.69 Å². The second-order valence-electron chi connectivity index (χ2n) is 4.67. The number of amides is 1. The third kappa shape index (κ3) is 2.24. The lowest BCUT2D eigenvalue weighted by Gasteiger charge is -2.17. The topological polar surface area (TPSA) is 44.1 Å². The minimum absolute atomic E-state index is 0.0915. The van der Waals surface area contributed by atoms with Crippen molar-refractivity contribution in [3.05, 3.63) is 29.8 Å². The normalized spacial score (nSPS) is 17.7. The van der Waals surface area contributed by atoms with E-state index in [9.17, 15) is 4.79 Å². The van der Waals surface area contributed by atoms with Gasteiger partial charge in [0.2, 0.25) is 5.91 Å². The summed E-state index contributed by atoms with van der Waals surface area (Å²) in [6.07, 6.45) is 3.58. The highest BCUT2D eigenvalue weighted by Crippen LogP contribution is 2.38. The molecule has 18 heavy (non-hydrogen) atoms. The van der Waals surface area contributed by atoms with Gasteiger partial charge in [0.15, 0.2) is 0 Å². The van der Waals surface area contributed by atoms with E-state index in [4.69, 9.17) is 5.26 Å². The molecule has 1 atom stereocenters. The lowest BCUT2D eigenvalue weighted by molar-refractivity contribution is -0.119. The molecule has 94 valence electrons. The lowest BCUT2D eigenvalue weighted by Crippen LogP contribution is -2.29. The molecule has 1 aliphatic rings. The second-order valence-corrected chi connectivity index (χ2v) is 4.67. The summed E-state index contributed by atoms with van der Waals surface area (Å²) in [5, 5.41) is 8.85. The number of carbonyl (C=O) groups excluding carboxylic acids is 1. The van der Waals surface area contributed by atoms with Gasteiger partial charge < -0.3 is 4.90 Å². The van der Waals surface area contributed by atoms with E-state index < -0.39 is 0 Å². The van der Waals surface area contributed by atoms with Crippen molar-refractivity contribution >= 4 is 11.6 Å². The molecule has 3 nitrogen and oxygen atoms in total. The molecule has 1 unspecified atom stereocenters. The highest BCUT2D eigenvalue weighted by atomic mass is 16.2. The first-order valence-electron chi connectivity index (χ1n) is 6.56. The Balaban J connectivity index is 2.22. The summed E-state index contributed by atoms with van der Waals surface area (Å²) in [5.74, 6) is -0.165. The van der Waals surface area contributed by atoms with E-state index in [0.29, 0.717) is 0 Å². The second kappa shape index (κ2) is 5.68. The fourth-order valence-electron chi connectivity index (χ4n) is 2.51. The standard InChI is InChI=1S/C15H18N2O/c1-2-3-6-11-17-14-8-5-4-7-12(14)13(9-10-16)15(17)18/h4-5,7-8,13H,2-3,6,9,11H2,1H3. The smallest absolute Gasteiger partial charge is 0.235 e. The molecule has 1 aromatic carbocycles. The van der Waals surface area contributed by atoms with Gasteiger partial charge in [-0.15, -0.1) is 0 Å². The van der Waals surface area contributed by atoms with Crippen LogP contribution in [0.2, 0.25) is 0 Å². The number of carbonyl (C=O) groups is 1. The van der Waals surface area contributed by atoms with Crippen molar-refractivity contribution < 1.29 is 4.79 Å². The van der Waals surface area contributed by atoms with Gasteiger partial charge in [0, 0.05) is 12.2 Å². The molecular formula is C15H18N2O. The summed E-state index contributed by atoms with van der Waals surface area (Å²) in [7, 11) is 0. The van der Waals surface area contributed by atoms with E-state index in [2.05, 4.69) is 13.0 Å². The molecule has 1 aliphatic heterocycles. The van der Waals surface area contributed by atoms with Crippen LogP contribution in [-0.4, -0.2) is 12.5 Å². The Bertz CT molecular complexity index is 476. The summed E-state index contributed by atoms with van der Waals surface area (Å²) >= 11 is 0. The maximum Gasteiger partial charge on any atom is 0.235 e. The van der Waals surface area contributed by atoms with E-state index in [0.717, 1.165) is 37.1 Å². The molecule has 0 N–H and O–H groups in total. The summed E-state index contributed by atoms with van der Waals surface area (Å²) in [5.41, 5.74) is 2.01. The van der Waals surface area contributed by atoms with E-state index in [1.807, 2.05) is 29.2 Å². The molecule has 0 bridgehead atoms. The van der Waals surface area contributed by atoms with Crippen molar-refractivity contribution in [3.63, 3.8) is 0 Å². The van der Waals surface area contributed by atoms with Crippen LogP contribution in [0.15, 0.2) is 24.3 Å². The summed E-state index contributed by atoms with van der Waals surface area (Å²) in [6, 6.07) is 9.96. The molecule has 1 amide bonds. The first-order chi connectivity index (χ1) is 8.79. The monoisotopic (exact) mass is 242 g/mol. The van der Waals surface area contributed by atoms with Gasteiger partial charge in [0.05, 0.1) is 18.4 Å². The van der Waals surface area contributed by atoms with Gasteiger partial charge >= 0.3 is 0 Å². The number of fused-ring (bicyclic) bond motifs is 1. The zero-order valence-corrected chi connectivity index (χ0v) is 10.7. The number of nitriles is 1. The van der Waals surface area contributed by atoms with Crippen LogP contribution in [0.25, 0.3) is 0 Å². The van der Waals surface area contributed by atoms with Crippen molar-refractivity contribution in [2.24, 2.45) is 0 Å². The molecule has 0 radical (unpaired) electrons. The van der Waals surface area contributed by atoms with Gasteiger partial charge in [0.1, 0.15) is 0 Å². The Kier molecular flexibility index (Phi) is 3.99. The maximum absolute atomic E-state index is 12.3. The van der Waals surface area contributed by atoms with Gasteiger partial charge in [-0.25, -0.2) is 0 Å². The minimum Gasteiger partial charge on any atom is -0.312 e. The van der Waals surface area contributed by atoms with Crippen LogP contribution in [0, 0.1) is 11.3 Å². The molecule has 1 aromatic rings. The number of rotatable bonds is 5. The molecule has 3 heteroatoms. The van der Waals surface area contributed by atoms with Crippen LogP contribution in [0.5, 0.6) is 0 Å². The number of unbranched alkanes of at least 4 members (excludes halogenated alkanes) is 2. The number of benzene rings is 1. The summed E-state index contributed by atoms with van der Waals surface area (Å²) < 4.78 is 0. The summed E-state index contributed by atoms with van der Waals surface area (Å²) in [6.45, 7) is 2.92. The van der Waals surface area contributed by atoms with Crippen LogP contribution in [-0.2, 0) is 4.79 Å². The minimum atomic E-state index is -0.257. The highest BCUT2D eigenvalue weighted by Gasteiger charge is 2.36. The zero-order chi connectivity index (χ0) is 13.0. The molecular weight excluding hydrogens is 224 g/mol. The van der Waals surface area contributed by atoms with Gasteiger partial charge in [-0.3, -0.25) is 4.79 Å². The number of anilines is 1. The predicted molar refractivity (Wildman–Crippen MR) is 71.3 cm³/mol. The Morgan fingerprint density at radius 1 is 1.33 bits per heavy atom. The Morgan fingerprint density at radius 3 is 2.83 bits per heavy atom. The Labute approximate surface area is 108 Å². The molecule has 0 aromatic heterocycles. The van der Waals surface area contributed by atoms with Crippen LogP contribution >= 0.6 is 0 Å². The van der Waals surface area contributed by atoms with E-state index in [-0.39, 0.29) is 18.2 Å². The fourth-order valence-corrected chi connectivity index (χ4v) is 2.51. The highest BCUT2D eigenvalue weighted by molar-refractivity contribution is 6.05. The maximum atomic E-state index is 12.3. The first kappa shape index (κ1) is 12.6. The van der Waals surface area contributed by atoms with Crippen molar-refractivity contribution in [2.45, 2.75) is 38.5 Å². The Hall–Kier alpha value is -1.82. The van der Waals surface area contributed by atoms with Crippen molar-refractivity contribution in [1.82, 2.24) is 0 Å². The number of para-hydroxylation sites is 1. The lowest BCUT2D eigenvalue weighted by atomic mass is 9.98. The Morgan fingerprint density at radius 2 is 2.11 bits per heavy atom. The zero-order valence-electron chi connectivity index (χ0n) is 10.7. The van der Waals surface area contributed by atoms with Gasteiger partial charge in [-0.1, -0.05) is 38.0 Å². The SMILES string of the molecule is CCCCCN1C(=O)C(CC#N)c2ccccc21. The summed E-state index contributed by atoms with van der Waals surface area (Å²) in [4.78, 5) is 14.2. The fraction of sp³-hybridized carbons (Fsp3) is 0.467. The molecule has 0 fully saturated rings. The number of hydrogen-bond acceptors (Lipinski definition) is 2. The predicted octanol–water partition coefficient (Wildman–Crippen LogP) is 3.22. The molecule has 0 saturated heterocycles. The third-order valence-electron chi connectivity index (χ3n) is 3.45. The van der Waals surface area contributed by atoms with Gasteiger partial charge in [-0.05, 0) is 18.1 Å². The molecule has 2 rings (SSSR count). The molecule has 1 heterocycles. The van der Waals surface area contributed by atoms with E-state index in [1.54, 1.807) is 0 Å². The number of nitrogens with zero attached hydrogens (tertiary/aromatic N) is 2. The van der Waals surface area contributed by atoms with E-state index in [1.165, 1.54) is 0 Å². The number of hydrogen-bond donors (Lipinski definition) is 0. The van der Waals surface area contributed by atoms with Crippen molar-refractivity contribution in [3.8, 4) is 6.07 Å². The molecule has 0 aliphatic carbocycles. The van der Waals surface area contributed by atoms with Crippen LogP contribution in [0.3, 0.4) is 0 Å². The van der Waals surface area contributed by atoms with E-state index >= 15 is 0 Å². The third-order valence-corrected chi connectivity index (χ3v) is 3.45. The quantitative estimate of drug-likeness (QED) is 0.744. The van der Waals surface area contributed by atoms with Gasteiger partial charge in [0.25, 0.3) is 0 Å². The van der Waals surface area contributed by atoms with Crippen molar-refractivity contribution in [2.75, 3.05) is 11.4 Å².